The van der Waals surface area contributed by atoms with Crippen molar-refractivity contribution in [3.8, 4) is 11.3 Å². The molecule has 0 fully saturated rings. The summed E-state index contributed by atoms with van der Waals surface area (Å²) in [5, 5.41) is 17.3. The highest BCUT2D eigenvalue weighted by Gasteiger charge is 2.16. The third-order valence-corrected chi connectivity index (χ3v) is 4.13. The number of halogens is 2. The fourth-order valence-electron chi connectivity index (χ4n) is 2.24. The minimum Gasteiger partial charge on any atom is -0.477 e. The smallest absolute Gasteiger partial charge is 0.346 e. The minimum absolute atomic E-state index is 0.000813. The highest BCUT2D eigenvalue weighted by atomic mass is 32.1. The number of aromatic carboxylic acids is 1. The first-order valence-corrected chi connectivity index (χ1v) is 7.91. The molecule has 0 unspecified atom stereocenters. The van der Waals surface area contributed by atoms with Crippen molar-refractivity contribution in [1.82, 2.24) is 9.78 Å². The van der Waals surface area contributed by atoms with E-state index in [1.807, 2.05) is 0 Å². The van der Waals surface area contributed by atoms with Crippen molar-refractivity contribution in [1.29, 1.82) is 0 Å². The van der Waals surface area contributed by atoms with Crippen molar-refractivity contribution in [2.45, 2.75) is 6.54 Å². The van der Waals surface area contributed by atoms with E-state index >= 15 is 0 Å². The van der Waals surface area contributed by atoms with Gasteiger partial charge < -0.3 is 10.4 Å². The van der Waals surface area contributed by atoms with Crippen LogP contribution in [0, 0.1) is 11.6 Å². The average molecular weight is 363 g/mol. The van der Waals surface area contributed by atoms with Crippen molar-refractivity contribution in [3.05, 3.63) is 58.4 Å². The lowest BCUT2D eigenvalue weighted by Crippen LogP contribution is -2.19. The summed E-state index contributed by atoms with van der Waals surface area (Å²) in [5.74, 6) is -3.17. The van der Waals surface area contributed by atoms with Gasteiger partial charge in [0.2, 0.25) is 5.91 Å². The maximum Gasteiger partial charge on any atom is 0.346 e. The molecule has 0 aliphatic rings. The first-order valence-electron chi connectivity index (χ1n) is 7.03. The van der Waals surface area contributed by atoms with Crippen LogP contribution < -0.4 is 5.32 Å². The SMILES string of the molecule is O=C(Cn1ccc(-c2ccsc2C(=O)O)n1)Nc1cc(F)cc(F)c1. The van der Waals surface area contributed by atoms with Crippen molar-refractivity contribution in [3.63, 3.8) is 0 Å². The van der Waals surface area contributed by atoms with Gasteiger partial charge in [-0.25, -0.2) is 13.6 Å². The Balaban J connectivity index is 1.71. The van der Waals surface area contributed by atoms with Gasteiger partial charge in [0.25, 0.3) is 0 Å². The topological polar surface area (TPSA) is 84.2 Å². The lowest BCUT2D eigenvalue weighted by atomic mass is 10.2. The van der Waals surface area contributed by atoms with Gasteiger partial charge in [0.1, 0.15) is 23.1 Å². The zero-order valence-electron chi connectivity index (χ0n) is 12.6. The number of amides is 1. The van der Waals surface area contributed by atoms with Crippen molar-refractivity contribution in [2.24, 2.45) is 0 Å². The van der Waals surface area contributed by atoms with E-state index in [-0.39, 0.29) is 17.1 Å². The van der Waals surface area contributed by atoms with Gasteiger partial charge in [-0.15, -0.1) is 11.3 Å². The second-order valence-corrected chi connectivity index (χ2v) is 5.99. The van der Waals surface area contributed by atoms with Crippen LogP contribution >= 0.6 is 11.3 Å². The number of thiophene rings is 1. The Morgan fingerprint density at radius 1 is 1.20 bits per heavy atom. The van der Waals surface area contributed by atoms with Gasteiger partial charge in [-0.05, 0) is 29.6 Å². The number of anilines is 1. The maximum absolute atomic E-state index is 13.1. The van der Waals surface area contributed by atoms with E-state index in [0.29, 0.717) is 17.3 Å². The minimum atomic E-state index is -1.05. The monoisotopic (exact) mass is 363 g/mol. The number of carboxylic acids is 1. The van der Waals surface area contributed by atoms with Crippen LogP contribution in [0.25, 0.3) is 11.3 Å². The fourth-order valence-corrected chi connectivity index (χ4v) is 2.98. The molecule has 2 N–H and O–H groups in total. The second-order valence-electron chi connectivity index (χ2n) is 5.07. The molecule has 25 heavy (non-hydrogen) atoms. The van der Waals surface area contributed by atoms with Crippen molar-refractivity contribution >= 4 is 28.9 Å². The summed E-state index contributed by atoms with van der Waals surface area (Å²) >= 11 is 1.08. The van der Waals surface area contributed by atoms with Crippen molar-refractivity contribution < 1.29 is 23.5 Å². The largest absolute Gasteiger partial charge is 0.477 e. The van der Waals surface area contributed by atoms with Crippen LogP contribution in [0.3, 0.4) is 0 Å². The fraction of sp³-hybridized carbons (Fsp3) is 0.0625. The number of carbonyl (C=O) groups is 2. The van der Waals surface area contributed by atoms with E-state index in [9.17, 15) is 18.4 Å². The van der Waals surface area contributed by atoms with E-state index < -0.39 is 23.5 Å². The quantitative estimate of drug-likeness (QED) is 0.729. The third-order valence-electron chi connectivity index (χ3n) is 3.23. The molecule has 3 rings (SSSR count). The molecule has 0 aliphatic carbocycles. The maximum atomic E-state index is 13.1. The molecular formula is C16H11F2N3O3S. The van der Waals surface area contributed by atoms with Crippen LogP contribution in [0.5, 0.6) is 0 Å². The average Bonchev–Trinajstić information content (AvgIpc) is 3.13. The summed E-state index contributed by atoms with van der Waals surface area (Å²) in [7, 11) is 0. The molecule has 1 amide bonds. The summed E-state index contributed by atoms with van der Waals surface area (Å²) in [6, 6.07) is 5.93. The summed E-state index contributed by atoms with van der Waals surface area (Å²) in [6.45, 7) is -0.190. The molecule has 0 bridgehead atoms. The molecule has 1 aromatic carbocycles. The first-order chi connectivity index (χ1) is 11.9. The molecule has 0 saturated heterocycles. The summed E-state index contributed by atoms with van der Waals surface area (Å²) in [6.07, 6.45) is 1.52. The molecule has 6 nitrogen and oxygen atoms in total. The molecule has 0 atom stereocenters. The Bertz CT molecular complexity index is 932. The molecule has 2 heterocycles. The van der Waals surface area contributed by atoms with E-state index in [4.69, 9.17) is 5.11 Å². The molecular weight excluding hydrogens is 352 g/mol. The van der Waals surface area contributed by atoms with Crippen LogP contribution in [-0.4, -0.2) is 26.8 Å². The van der Waals surface area contributed by atoms with Crippen molar-refractivity contribution in [2.75, 3.05) is 5.32 Å². The van der Waals surface area contributed by atoms with Crippen LogP contribution in [0.15, 0.2) is 41.9 Å². The van der Waals surface area contributed by atoms with Gasteiger partial charge in [-0.3, -0.25) is 9.48 Å². The van der Waals surface area contributed by atoms with Gasteiger partial charge >= 0.3 is 5.97 Å². The van der Waals surface area contributed by atoms with Gasteiger partial charge in [0.15, 0.2) is 0 Å². The van der Waals surface area contributed by atoms with Crippen LogP contribution in [0.1, 0.15) is 9.67 Å². The molecule has 2 aromatic heterocycles. The van der Waals surface area contributed by atoms with E-state index in [1.54, 1.807) is 17.5 Å². The molecule has 9 heteroatoms. The number of rotatable bonds is 5. The predicted octanol–water partition coefficient (Wildman–Crippen LogP) is 3.23. The zero-order valence-corrected chi connectivity index (χ0v) is 13.4. The molecule has 3 aromatic rings. The first kappa shape index (κ1) is 16.8. The molecule has 0 saturated carbocycles. The predicted molar refractivity (Wildman–Crippen MR) is 87.5 cm³/mol. The van der Waals surface area contributed by atoms with Gasteiger partial charge in [0, 0.05) is 23.5 Å². The summed E-state index contributed by atoms with van der Waals surface area (Å²) in [5.41, 5.74) is 0.882. The number of hydrogen-bond donors (Lipinski definition) is 2. The van der Waals surface area contributed by atoms with E-state index in [0.717, 1.165) is 23.5 Å². The highest BCUT2D eigenvalue weighted by Crippen LogP contribution is 2.26. The number of nitrogens with zero attached hydrogens (tertiary/aromatic N) is 2. The number of nitrogens with one attached hydrogen (secondary N) is 1. The Kier molecular flexibility index (Phi) is 4.57. The Labute approximate surface area is 144 Å². The molecule has 0 aliphatic heterocycles. The Morgan fingerprint density at radius 2 is 1.92 bits per heavy atom. The number of carboxylic acid groups (broad SMARTS) is 1. The van der Waals surface area contributed by atoms with Gasteiger partial charge in [0.05, 0.1) is 5.69 Å². The normalized spacial score (nSPS) is 10.6. The summed E-state index contributed by atoms with van der Waals surface area (Å²) in [4.78, 5) is 23.3. The lowest BCUT2D eigenvalue weighted by molar-refractivity contribution is -0.116. The van der Waals surface area contributed by atoms with Gasteiger partial charge in [-0.1, -0.05) is 0 Å². The highest BCUT2D eigenvalue weighted by molar-refractivity contribution is 7.12. The van der Waals surface area contributed by atoms with Crippen LogP contribution in [0.4, 0.5) is 14.5 Å². The van der Waals surface area contributed by atoms with Crippen LogP contribution in [0.2, 0.25) is 0 Å². The number of hydrogen-bond acceptors (Lipinski definition) is 4. The third kappa shape index (κ3) is 3.89. The Hall–Kier alpha value is -3.07. The lowest BCUT2D eigenvalue weighted by Gasteiger charge is -2.06. The number of benzene rings is 1. The molecule has 128 valence electrons. The Morgan fingerprint density at radius 3 is 2.60 bits per heavy atom. The van der Waals surface area contributed by atoms with Crippen LogP contribution in [-0.2, 0) is 11.3 Å². The summed E-state index contributed by atoms with van der Waals surface area (Å²) < 4.78 is 27.5. The van der Waals surface area contributed by atoms with E-state index in [2.05, 4.69) is 10.4 Å². The molecule has 0 radical (unpaired) electrons. The number of aromatic nitrogens is 2. The van der Waals surface area contributed by atoms with Gasteiger partial charge in [-0.2, -0.15) is 5.10 Å². The number of carbonyl (C=O) groups excluding carboxylic acids is 1. The zero-order chi connectivity index (χ0) is 18.0. The molecule has 0 spiro atoms. The second kappa shape index (κ2) is 6.81. The van der Waals surface area contributed by atoms with E-state index in [1.165, 1.54) is 10.9 Å². The standard InChI is InChI=1S/C16H11F2N3O3S/c17-9-5-10(18)7-11(6-9)19-14(22)8-21-3-1-13(20-21)12-2-4-25-15(12)16(23)24/h1-7H,8H2,(H,19,22)(H,23,24).